The second-order valence-corrected chi connectivity index (χ2v) is 3.79. The first kappa shape index (κ1) is 9.40. The Kier molecular flexibility index (Phi) is 2.15. The molecule has 0 amide bonds. The lowest BCUT2D eigenvalue weighted by Crippen LogP contribution is -1.85. The smallest absolute Gasteiger partial charge is 0.194 e. The number of Topliss-reactive ketones (excluding diaryl/α,β-unsaturated/α-hetero) is 1. The predicted molar refractivity (Wildman–Crippen MR) is 53.9 cm³/mol. The minimum Gasteiger partial charge on any atom is -0.452 e. The predicted octanol–water partition coefficient (Wildman–Crippen LogP) is 3.54. The summed E-state index contributed by atoms with van der Waals surface area (Å²) in [5.74, 6) is -0.433. The molecule has 1 heterocycles. The highest BCUT2D eigenvalue weighted by molar-refractivity contribution is 9.10. The van der Waals surface area contributed by atoms with E-state index in [0.29, 0.717) is 15.4 Å². The van der Waals surface area contributed by atoms with Gasteiger partial charge in [0.05, 0.1) is 9.86 Å². The van der Waals surface area contributed by atoms with Crippen LogP contribution >= 0.6 is 15.9 Å². The highest BCUT2D eigenvalue weighted by Gasteiger charge is 2.13. The molecule has 72 valence electrons. The second kappa shape index (κ2) is 3.20. The molecule has 2 aromatic rings. The van der Waals surface area contributed by atoms with Gasteiger partial charge in [0, 0.05) is 6.92 Å². The highest BCUT2D eigenvalue weighted by atomic mass is 79.9. The molecule has 4 heteroatoms. The van der Waals surface area contributed by atoms with E-state index in [1.807, 2.05) is 0 Å². The number of hydrogen-bond acceptors (Lipinski definition) is 2. The number of fused-ring (bicyclic) bond motifs is 1. The van der Waals surface area contributed by atoms with E-state index >= 15 is 0 Å². The van der Waals surface area contributed by atoms with E-state index in [0.717, 1.165) is 0 Å². The Bertz CT molecular complexity index is 477. The second-order valence-electron chi connectivity index (χ2n) is 2.94. The van der Waals surface area contributed by atoms with Gasteiger partial charge < -0.3 is 4.42 Å². The van der Waals surface area contributed by atoms with E-state index in [1.54, 1.807) is 6.07 Å². The van der Waals surface area contributed by atoms with Crippen molar-refractivity contribution in [1.29, 1.82) is 0 Å². The van der Waals surface area contributed by atoms with Crippen LogP contribution in [0.25, 0.3) is 11.0 Å². The van der Waals surface area contributed by atoms with E-state index in [9.17, 15) is 9.18 Å². The largest absolute Gasteiger partial charge is 0.452 e. The summed E-state index contributed by atoms with van der Waals surface area (Å²) in [5.41, 5.74) is 0.371. The standard InChI is InChI=1S/C10H6BrFO2/c1-5(13)9-4-6-8(12)3-2-7(11)10(6)14-9/h2-4H,1H3. The van der Waals surface area contributed by atoms with Gasteiger partial charge in [-0.15, -0.1) is 0 Å². The molecule has 0 saturated carbocycles. The van der Waals surface area contributed by atoms with Gasteiger partial charge in [0.25, 0.3) is 0 Å². The Morgan fingerprint density at radius 2 is 2.21 bits per heavy atom. The number of carbonyl (C=O) groups excluding carboxylic acids is 1. The van der Waals surface area contributed by atoms with Crippen molar-refractivity contribution in [3.05, 3.63) is 34.2 Å². The van der Waals surface area contributed by atoms with Crippen LogP contribution in [0.5, 0.6) is 0 Å². The van der Waals surface area contributed by atoms with Crippen molar-refractivity contribution < 1.29 is 13.6 Å². The minimum atomic E-state index is -0.389. The maximum Gasteiger partial charge on any atom is 0.194 e. The van der Waals surface area contributed by atoms with Crippen LogP contribution in [0.4, 0.5) is 4.39 Å². The number of hydrogen-bond donors (Lipinski definition) is 0. The zero-order valence-corrected chi connectivity index (χ0v) is 8.89. The molecule has 2 nitrogen and oxygen atoms in total. The number of halogens is 2. The van der Waals surface area contributed by atoms with Crippen molar-refractivity contribution in [2.75, 3.05) is 0 Å². The maximum absolute atomic E-state index is 13.3. The first-order valence-corrected chi connectivity index (χ1v) is 4.77. The van der Waals surface area contributed by atoms with E-state index in [-0.39, 0.29) is 17.4 Å². The van der Waals surface area contributed by atoms with E-state index < -0.39 is 0 Å². The Hall–Kier alpha value is -1.16. The van der Waals surface area contributed by atoms with Gasteiger partial charge in [-0.2, -0.15) is 0 Å². The van der Waals surface area contributed by atoms with Crippen LogP contribution in [-0.4, -0.2) is 5.78 Å². The van der Waals surface area contributed by atoms with Crippen LogP contribution in [-0.2, 0) is 0 Å². The summed E-state index contributed by atoms with van der Waals surface area (Å²) in [6, 6.07) is 4.29. The Balaban J connectivity index is 2.82. The summed E-state index contributed by atoms with van der Waals surface area (Å²) >= 11 is 3.22. The van der Waals surface area contributed by atoms with Gasteiger partial charge in [-0.25, -0.2) is 4.39 Å². The Labute approximate surface area is 87.8 Å². The molecule has 0 atom stereocenters. The molecule has 0 radical (unpaired) electrons. The normalized spacial score (nSPS) is 10.8. The Morgan fingerprint density at radius 3 is 2.79 bits per heavy atom. The summed E-state index contributed by atoms with van der Waals surface area (Å²) in [4.78, 5) is 11.0. The van der Waals surface area contributed by atoms with Crippen molar-refractivity contribution in [2.24, 2.45) is 0 Å². The molecule has 14 heavy (non-hydrogen) atoms. The number of carbonyl (C=O) groups is 1. The van der Waals surface area contributed by atoms with Crippen molar-refractivity contribution >= 4 is 32.7 Å². The third-order valence-corrected chi connectivity index (χ3v) is 2.55. The molecular weight excluding hydrogens is 251 g/mol. The van der Waals surface area contributed by atoms with Crippen LogP contribution in [0.3, 0.4) is 0 Å². The molecule has 0 fully saturated rings. The lowest BCUT2D eigenvalue weighted by Gasteiger charge is -1.92. The number of benzene rings is 1. The summed E-state index contributed by atoms with van der Waals surface area (Å²) < 4.78 is 19.1. The molecule has 0 bridgehead atoms. The molecule has 0 unspecified atom stereocenters. The van der Waals surface area contributed by atoms with Gasteiger partial charge in [-0.05, 0) is 34.1 Å². The molecule has 0 aliphatic heterocycles. The van der Waals surface area contributed by atoms with Gasteiger partial charge >= 0.3 is 0 Å². The van der Waals surface area contributed by atoms with Crippen LogP contribution in [0.2, 0.25) is 0 Å². The van der Waals surface area contributed by atoms with Crippen LogP contribution in [0.15, 0.2) is 27.1 Å². The van der Waals surface area contributed by atoms with Gasteiger partial charge in [0.1, 0.15) is 5.82 Å². The average molecular weight is 257 g/mol. The van der Waals surface area contributed by atoms with E-state index in [2.05, 4.69) is 15.9 Å². The number of furan rings is 1. The molecule has 2 rings (SSSR count). The third kappa shape index (κ3) is 1.35. The SMILES string of the molecule is CC(=O)c1cc2c(F)ccc(Br)c2o1. The lowest BCUT2D eigenvalue weighted by molar-refractivity contribution is 0.0989. The first-order chi connectivity index (χ1) is 6.59. The third-order valence-electron chi connectivity index (χ3n) is 1.93. The zero-order chi connectivity index (χ0) is 10.3. The van der Waals surface area contributed by atoms with Crippen molar-refractivity contribution in [3.8, 4) is 0 Å². The van der Waals surface area contributed by atoms with Crippen LogP contribution < -0.4 is 0 Å². The van der Waals surface area contributed by atoms with E-state index in [4.69, 9.17) is 4.42 Å². The highest BCUT2D eigenvalue weighted by Crippen LogP contribution is 2.29. The number of ketones is 1. The summed E-state index contributed by atoms with van der Waals surface area (Å²) in [7, 11) is 0. The minimum absolute atomic E-state index is 0.172. The van der Waals surface area contributed by atoms with Gasteiger partial charge in [0.2, 0.25) is 0 Å². The fraction of sp³-hybridized carbons (Fsp3) is 0.100. The fourth-order valence-electron chi connectivity index (χ4n) is 1.23. The molecule has 0 N–H and O–H groups in total. The Morgan fingerprint density at radius 1 is 1.50 bits per heavy atom. The molecule has 0 aliphatic carbocycles. The maximum atomic E-state index is 13.3. The lowest BCUT2D eigenvalue weighted by atomic mass is 10.2. The first-order valence-electron chi connectivity index (χ1n) is 3.98. The molecular formula is C10H6BrFO2. The quantitative estimate of drug-likeness (QED) is 0.731. The van der Waals surface area contributed by atoms with Crippen molar-refractivity contribution in [2.45, 2.75) is 6.92 Å². The molecule has 1 aromatic carbocycles. The van der Waals surface area contributed by atoms with Crippen molar-refractivity contribution in [3.63, 3.8) is 0 Å². The van der Waals surface area contributed by atoms with Gasteiger partial charge in [-0.3, -0.25) is 4.79 Å². The monoisotopic (exact) mass is 256 g/mol. The molecule has 0 spiro atoms. The van der Waals surface area contributed by atoms with E-state index in [1.165, 1.54) is 19.1 Å². The fourth-order valence-corrected chi connectivity index (χ4v) is 1.66. The summed E-state index contributed by atoms with van der Waals surface area (Å²) in [6.07, 6.45) is 0. The van der Waals surface area contributed by atoms with Crippen molar-refractivity contribution in [1.82, 2.24) is 0 Å². The molecule has 0 aliphatic rings. The van der Waals surface area contributed by atoms with Crippen LogP contribution in [0.1, 0.15) is 17.5 Å². The topological polar surface area (TPSA) is 30.2 Å². The summed E-state index contributed by atoms with van der Waals surface area (Å²) in [6.45, 7) is 1.38. The molecule has 0 saturated heterocycles. The van der Waals surface area contributed by atoms with Gasteiger partial charge in [0.15, 0.2) is 17.1 Å². The van der Waals surface area contributed by atoms with Gasteiger partial charge in [-0.1, -0.05) is 0 Å². The molecule has 1 aromatic heterocycles. The summed E-state index contributed by atoms with van der Waals surface area (Å²) in [5, 5.41) is 0.324. The van der Waals surface area contributed by atoms with Crippen LogP contribution in [0, 0.1) is 5.82 Å². The number of rotatable bonds is 1. The zero-order valence-electron chi connectivity index (χ0n) is 7.30. The average Bonchev–Trinajstić information content (AvgIpc) is 2.57.